The normalized spacial score (nSPS) is 11.7. The maximum absolute atomic E-state index is 12.8. The number of aryl methyl sites for hydroxylation is 1. The Morgan fingerprint density at radius 3 is 2.53 bits per heavy atom. The van der Waals surface area contributed by atoms with E-state index in [4.69, 9.17) is 0 Å². The molecule has 0 atom stereocenters. The molecule has 0 unspecified atom stereocenters. The molecule has 0 spiro atoms. The minimum Gasteiger partial charge on any atom is -0.324 e. The van der Waals surface area contributed by atoms with Crippen molar-refractivity contribution >= 4 is 32.5 Å². The first-order valence-electron chi connectivity index (χ1n) is 9.62. The van der Waals surface area contributed by atoms with E-state index < -0.39 is 15.9 Å². The highest BCUT2D eigenvalue weighted by Crippen LogP contribution is 2.23. The predicted molar refractivity (Wildman–Crippen MR) is 116 cm³/mol. The number of sulfonamides is 1. The zero-order chi connectivity index (χ0) is 21.9. The first kappa shape index (κ1) is 21.7. The predicted octanol–water partition coefficient (Wildman–Crippen LogP) is 2.37. The minimum absolute atomic E-state index is 0.108. The molecular formula is C21H24N4O4S. The molecule has 0 bridgehead atoms. The van der Waals surface area contributed by atoms with Crippen molar-refractivity contribution < 1.29 is 13.2 Å². The molecule has 0 aliphatic heterocycles. The molecule has 8 nitrogen and oxygen atoms in total. The summed E-state index contributed by atoms with van der Waals surface area (Å²) in [6, 6.07) is 11.5. The van der Waals surface area contributed by atoms with Crippen molar-refractivity contribution in [3.8, 4) is 0 Å². The fraction of sp³-hybridized carbons (Fsp3) is 0.286. The number of benzene rings is 2. The van der Waals surface area contributed by atoms with E-state index >= 15 is 0 Å². The van der Waals surface area contributed by atoms with Crippen molar-refractivity contribution in [2.24, 2.45) is 0 Å². The summed E-state index contributed by atoms with van der Waals surface area (Å²) >= 11 is 0. The summed E-state index contributed by atoms with van der Waals surface area (Å²) in [6.07, 6.45) is 1.33. The molecule has 0 radical (unpaired) electrons. The Morgan fingerprint density at radius 1 is 1.13 bits per heavy atom. The number of carbonyl (C=O) groups is 1. The molecule has 1 heterocycles. The topological polar surface area (TPSA) is 101 Å². The molecule has 1 amide bonds. The maximum atomic E-state index is 12.8. The number of carbonyl (C=O) groups excluding carboxylic acids is 1. The highest BCUT2D eigenvalue weighted by molar-refractivity contribution is 7.89. The van der Waals surface area contributed by atoms with Gasteiger partial charge in [0, 0.05) is 18.8 Å². The van der Waals surface area contributed by atoms with Gasteiger partial charge in [-0.2, -0.15) is 4.31 Å². The molecule has 9 heteroatoms. The number of fused-ring (bicyclic) bond motifs is 1. The number of rotatable bonds is 7. The number of para-hydroxylation sites is 1. The Bertz CT molecular complexity index is 1250. The minimum atomic E-state index is -3.65. The van der Waals surface area contributed by atoms with E-state index in [1.54, 1.807) is 51.1 Å². The summed E-state index contributed by atoms with van der Waals surface area (Å²) in [4.78, 5) is 29.4. The smallest absolute Gasteiger partial charge is 0.261 e. The van der Waals surface area contributed by atoms with E-state index in [-0.39, 0.29) is 17.0 Å². The summed E-state index contributed by atoms with van der Waals surface area (Å²) in [5, 5.41) is 3.14. The second kappa shape index (κ2) is 8.76. The van der Waals surface area contributed by atoms with E-state index in [0.29, 0.717) is 35.2 Å². The zero-order valence-electron chi connectivity index (χ0n) is 17.1. The Morgan fingerprint density at radius 2 is 1.83 bits per heavy atom. The van der Waals surface area contributed by atoms with Crippen LogP contribution in [0.4, 0.5) is 5.69 Å². The monoisotopic (exact) mass is 428 g/mol. The second-order valence-electron chi connectivity index (χ2n) is 6.81. The van der Waals surface area contributed by atoms with Crippen LogP contribution >= 0.6 is 0 Å². The van der Waals surface area contributed by atoms with Gasteiger partial charge in [-0.25, -0.2) is 13.4 Å². The van der Waals surface area contributed by atoms with Gasteiger partial charge in [0.05, 0.1) is 22.1 Å². The molecule has 30 heavy (non-hydrogen) atoms. The summed E-state index contributed by atoms with van der Waals surface area (Å²) < 4.78 is 28.1. The number of hydrogen-bond donors (Lipinski definition) is 1. The van der Waals surface area contributed by atoms with E-state index in [9.17, 15) is 18.0 Å². The van der Waals surface area contributed by atoms with E-state index in [1.807, 2.05) is 0 Å². The van der Waals surface area contributed by atoms with Crippen LogP contribution in [-0.2, 0) is 21.4 Å². The van der Waals surface area contributed by atoms with Crippen LogP contribution in [0.1, 0.15) is 19.4 Å². The van der Waals surface area contributed by atoms with Crippen LogP contribution < -0.4 is 10.9 Å². The highest BCUT2D eigenvalue weighted by Gasteiger charge is 2.22. The van der Waals surface area contributed by atoms with Gasteiger partial charge in [0.15, 0.2) is 0 Å². The molecule has 2 aromatic carbocycles. The third kappa shape index (κ3) is 4.27. The van der Waals surface area contributed by atoms with Crippen molar-refractivity contribution in [2.75, 3.05) is 18.4 Å². The number of aromatic nitrogens is 2. The van der Waals surface area contributed by atoms with Crippen molar-refractivity contribution in [2.45, 2.75) is 32.2 Å². The summed E-state index contributed by atoms with van der Waals surface area (Å²) in [5.74, 6) is -0.449. The lowest BCUT2D eigenvalue weighted by Gasteiger charge is -2.19. The third-order valence-electron chi connectivity index (χ3n) is 4.87. The largest absolute Gasteiger partial charge is 0.324 e. The van der Waals surface area contributed by atoms with Crippen LogP contribution in [0.15, 0.2) is 58.5 Å². The molecule has 1 aromatic heterocycles. The first-order chi connectivity index (χ1) is 14.3. The van der Waals surface area contributed by atoms with Crippen LogP contribution in [0.5, 0.6) is 0 Å². The van der Waals surface area contributed by atoms with Crippen molar-refractivity contribution in [3.05, 3.63) is 64.7 Å². The summed E-state index contributed by atoms with van der Waals surface area (Å²) in [6.45, 7) is 5.79. The van der Waals surface area contributed by atoms with Gasteiger partial charge in [-0.05, 0) is 36.8 Å². The molecule has 0 aliphatic carbocycles. The average molecular weight is 429 g/mol. The molecular weight excluding hydrogens is 404 g/mol. The Balaban J connectivity index is 1.85. The number of amides is 1. The van der Waals surface area contributed by atoms with E-state index in [2.05, 4.69) is 10.3 Å². The average Bonchev–Trinajstić information content (AvgIpc) is 2.72. The lowest BCUT2D eigenvalue weighted by atomic mass is 10.2. The van der Waals surface area contributed by atoms with Crippen molar-refractivity contribution in [1.82, 2.24) is 13.9 Å². The second-order valence-corrected chi connectivity index (χ2v) is 8.75. The first-order valence-corrected chi connectivity index (χ1v) is 11.1. The molecule has 3 aromatic rings. The zero-order valence-corrected chi connectivity index (χ0v) is 17.9. The molecule has 0 saturated heterocycles. The van der Waals surface area contributed by atoms with Gasteiger partial charge in [-0.15, -0.1) is 0 Å². The molecule has 0 aliphatic rings. The third-order valence-corrected chi connectivity index (χ3v) is 6.92. The lowest BCUT2D eigenvalue weighted by Crippen LogP contribution is -2.31. The molecule has 0 saturated carbocycles. The van der Waals surface area contributed by atoms with Crippen LogP contribution in [0.2, 0.25) is 0 Å². The fourth-order valence-electron chi connectivity index (χ4n) is 3.17. The molecule has 158 valence electrons. The van der Waals surface area contributed by atoms with Gasteiger partial charge in [-0.1, -0.05) is 32.0 Å². The van der Waals surface area contributed by atoms with Crippen LogP contribution in [0, 0.1) is 6.92 Å². The van der Waals surface area contributed by atoms with Crippen molar-refractivity contribution in [3.63, 3.8) is 0 Å². The summed E-state index contributed by atoms with van der Waals surface area (Å²) in [7, 11) is -3.65. The van der Waals surface area contributed by atoms with Crippen LogP contribution in [0.3, 0.4) is 0 Å². The number of hydrogen-bond acceptors (Lipinski definition) is 5. The van der Waals surface area contributed by atoms with Crippen LogP contribution in [-0.4, -0.2) is 41.3 Å². The van der Waals surface area contributed by atoms with Gasteiger partial charge in [0.1, 0.15) is 6.54 Å². The van der Waals surface area contributed by atoms with Gasteiger partial charge in [0.2, 0.25) is 15.9 Å². The quantitative estimate of drug-likeness (QED) is 0.623. The standard InChI is InChI=1S/C21H24N4O4S/c1-4-25(5-2)30(28,29)16-11-10-15(3)19(12-16)23-20(26)13-24-14-22-18-9-7-6-8-17(18)21(24)27/h6-12,14H,4-5,13H2,1-3H3,(H,23,26). The van der Waals surface area contributed by atoms with Crippen molar-refractivity contribution in [1.29, 1.82) is 0 Å². The van der Waals surface area contributed by atoms with Gasteiger partial charge < -0.3 is 5.32 Å². The number of nitrogens with one attached hydrogen (secondary N) is 1. The van der Waals surface area contributed by atoms with E-state index in [0.717, 1.165) is 0 Å². The lowest BCUT2D eigenvalue weighted by molar-refractivity contribution is -0.116. The number of nitrogens with zero attached hydrogens (tertiary/aromatic N) is 3. The molecule has 3 rings (SSSR count). The van der Waals surface area contributed by atoms with Gasteiger partial charge in [-0.3, -0.25) is 14.2 Å². The Hall–Kier alpha value is -3.04. The molecule has 1 N–H and O–H groups in total. The number of anilines is 1. The molecule has 0 fully saturated rings. The Kier molecular flexibility index (Phi) is 6.33. The van der Waals surface area contributed by atoms with E-state index in [1.165, 1.54) is 27.3 Å². The van der Waals surface area contributed by atoms with Gasteiger partial charge in [0.25, 0.3) is 5.56 Å². The summed E-state index contributed by atoms with van der Waals surface area (Å²) in [5.41, 5.74) is 1.34. The van der Waals surface area contributed by atoms with Crippen LogP contribution in [0.25, 0.3) is 10.9 Å². The SMILES string of the molecule is CCN(CC)S(=O)(=O)c1ccc(C)c(NC(=O)Cn2cnc3ccccc3c2=O)c1. The van der Waals surface area contributed by atoms with Gasteiger partial charge >= 0.3 is 0 Å². The fourth-order valence-corrected chi connectivity index (χ4v) is 4.66. The highest BCUT2D eigenvalue weighted by atomic mass is 32.2. The Labute approximate surface area is 175 Å². The maximum Gasteiger partial charge on any atom is 0.261 e.